The van der Waals surface area contributed by atoms with Gasteiger partial charge in [-0.25, -0.2) is 5.43 Å². The van der Waals surface area contributed by atoms with E-state index in [0.29, 0.717) is 11.5 Å². The molecular formula is C22H19N3O4S. The van der Waals surface area contributed by atoms with Gasteiger partial charge >= 0.3 is 0 Å². The molecule has 0 aliphatic carbocycles. The van der Waals surface area contributed by atoms with Gasteiger partial charge in [0.25, 0.3) is 5.69 Å². The van der Waals surface area contributed by atoms with Crippen molar-refractivity contribution in [3.8, 4) is 11.5 Å². The predicted octanol–water partition coefficient (Wildman–Crippen LogP) is 4.77. The summed E-state index contributed by atoms with van der Waals surface area (Å²) >= 11 is 1.36. The molecule has 0 aromatic heterocycles. The number of nitrogens with one attached hydrogen (secondary N) is 1. The molecule has 152 valence electrons. The van der Waals surface area contributed by atoms with Crippen molar-refractivity contribution in [2.24, 2.45) is 5.10 Å². The van der Waals surface area contributed by atoms with E-state index < -0.39 is 4.92 Å². The molecule has 0 saturated carbocycles. The molecule has 3 aromatic rings. The van der Waals surface area contributed by atoms with E-state index in [1.807, 2.05) is 54.6 Å². The van der Waals surface area contributed by atoms with Crippen LogP contribution in [0.3, 0.4) is 0 Å². The van der Waals surface area contributed by atoms with Crippen LogP contribution in [0.5, 0.6) is 11.5 Å². The summed E-state index contributed by atoms with van der Waals surface area (Å²) in [6.45, 7) is 0. The third kappa shape index (κ3) is 6.75. The minimum atomic E-state index is -0.435. The summed E-state index contributed by atoms with van der Waals surface area (Å²) in [5.41, 5.74) is 4.10. The summed E-state index contributed by atoms with van der Waals surface area (Å²) in [6.07, 6.45) is 1.54. The summed E-state index contributed by atoms with van der Waals surface area (Å²) < 4.78 is 5.77. The van der Waals surface area contributed by atoms with E-state index in [2.05, 4.69) is 10.5 Å². The lowest BCUT2D eigenvalue weighted by Gasteiger charge is -2.05. The fourth-order valence-corrected chi connectivity index (χ4v) is 3.28. The second-order valence-corrected chi connectivity index (χ2v) is 7.19. The number of nitro groups is 1. The molecule has 0 aliphatic rings. The number of carbonyl (C=O) groups excluding carboxylic acids is 1. The van der Waals surface area contributed by atoms with Gasteiger partial charge in [-0.1, -0.05) is 42.5 Å². The highest BCUT2D eigenvalue weighted by Gasteiger charge is 2.06. The number of amides is 1. The van der Waals surface area contributed by atoms with Crippen LogP contribution in [0.4, 0.5) is 5.69 Å². The molecule has 30 heavy (non-hydrogen) atoms. The van der Waals surface area contributed by atoms with Crippen LogP contribution in [0.15, 0.2) is 84.0 Å². The average Bonchev–Trinajstić information content (AvgIpc) is 2.75. The van der Waals surface area contributed by atoms with Gasteiger partial charge in [0.15, 0.2) is 0 Å². The minimum Gasteiger partial charge on any atom is -0.457 e. The molecule has 0 fully saturated rings. The lowest BCUT2D eigenvalue weighted by molar-refractivity contribution is -0.384. The maximum atomic E-state index is 11.9. The van der Waals surface area contributed by atoms with Crippen LogP contribution in [0.2, 0.25) is 0 Å². The second kappa shape index (κ2) is 10.8. The van der Waals surface area contributed by atoms with E-state index in [4.69, 9.17) is 4.74 Å². The van der Waals surface area contributed by atoms with E-state index in [0.717, 1.165) is 16.9 Å². The number of nitrogens with zero attached hydrogens (tertiary/aromatic N) is 2. The number of nitro benzene ring substituents is 1. The van der Waals surface area contributed by atoms with Crippen molar-refractivity contribution >= 4 is 29.6 Å². The maximum Gasteiger partial charge on any atom is 0.269 e. The highest BCUT2D eigenvalue weighted by molar-refractivity contribution is 7.99. The van der Waals surface area contributed by atoms with Crippen LogP contribution in [0.1, 0.15) is 11.1 Å². The molecule has 1 N–H and O–H groups in total. The lowest BCUT2D eigenvalue weighted by atomic mass is 10.2. The Hall–Kier alpha value is -3.65. The standard InChI is InChI=1S/C22H19N3O4S/c26-22(16-30-15-18-7-4-8-19(12-18)25(27)28)24-23-14-17-6-5-11-21(13-17)29-20-9-2-1-3-10-20/h1-14H,15-16H2,(H,24,26)/b23-14-. The molecule has 7 nitrogen and oxygen atoms in total. The normalized spacial score (nSPS) is 10.7. The van der Waals surface area contributed by atoms with Gasteiger partial charge in [0, 0.05) is 17.9 Å². The number of benzene rings is 3. The third-order valence-electron chi connectivity index (χ3n) is 3.86. The highest BCUT2D eigenvalue weighted by atomic mass is 32.2. The molecule has 0 bridgehead atoms. The van der Waals surface area contributed by atoms with Gasteiger partial charge < -0.3 is 4.74 Å². The second-order valence-electron chi connectivity index (χ2n) is 6.20. The number of carbonyl (C=O) groups is 1. The number of non-ortho nitro benzene ring substituents is 1. The van der Waals surface area contributed by atoms with Crippen molar-refractivity contribution in [1.29, 1.82) is 0 Å². The SMILES string of the molecule is O=C(CSCc1cccc([N+](=O)[O-])c1)N/N=C\c1cccc(Oc2ccccc2)c1. The Morgan fingerprint density at radius 3 is 2.60 bits per heavy atom. The largest absolute Gasteiger partial charge is 0.457 e. The van der Waals surface area contributed by atoms with E-state index in [1.54, 1.807) is 18.3 Å². The van der Waals surface area contributed by atoms with Gasteiger partial charge in [-0.3, -0.25) is 14.9 Å². The van der Waals surface area contributed by atoms with E-state index in [-0.39, 0.29) is 17.3 Å². The number of rotatable bonds is 9. The first kappa shape index (κ1) is 21.1. The highest BCUT2D eigenvalue weighted by Crippen LogP contribution is 2.21. The first-order valence-corrected chi connectivity index (χ1v) is 10.2. The minimum absolute atomic E-state index is 0.0422. The summed E-state index contributed by atoms with van der Waals surface area (Å²) in [4.78, 5) is 22.3. The lowest BCUT2D eigenvalue weighted by Crippen LogP contribution is -2.19. The van der Waals surface area contributed by atoms with Crippen LogP contribution < -0.4 is 10.2 Å². The number of hydrogen-bond acceptors (Lipinski definition) is 6. The zero-order valence-corrected chi connectivity index (χ0v) is 16.7. The van der Waals surface area contributed by atoms with Gasteiger partial charge in [0.2, 0.25) is 5.91 Å². The van der Waals surface area contributed by atoms with Crippen molar-refractivity contribution in [2.75, 3.05) is 5.75 Å². The van der Waals surface area contributed by atoms with Crippen molar-refractivity contribution < 1.29 is 14.5 Å². The first-order chi connectivity index (χ1) is 14.6. The van der Waals surface area contributed by atoms with Gasteiger partial charge in [-0.15, -0.1) is 11.8 Å². The number of ether oxygens (including phenoxy) is 1. The van der Waals surface area contributed by atoms with Crippen LogP contribution in [-0.2, 0) is 10.5 Å². The zero-order valence-electron chi connectivity index (χ0n) is 15.9. The quantitative estimate of drug-likeness (QED) is 0.305. The molecule has 0 heterocycles. The van der Waals surface area contributed by atoms with Crippen molar-refractivity contribution in [3.05, 3.63) is 100 Å². The third-order valence-corrected chi connectivity index (χ3v) is 4.87. The number of thioether (sulfide) groups is 1. The fraction of sp³-hybridized carbons (Fsp3) is 0.0909. The van der Waals surface area contributed by atoms with Crippen LogP contribution in [0.25, 0.3) is 0 Å². The van der Waals surface area contributed by atoms with E-state index in [9.17, 15) is 14.9 Å². The summed E-state index contributed by atoms with van der Waals surface area (Å²) in [5, 5.41) is 14.8. The van der Waals surface area contributed by atoms with Crippen LogP contribution in [0, 0.1) is 10.1 Å². The Morgan fingerprint density at radius 1 is 1.03 bits per heavy atom. The Kier molecular flexibility index (Phi) is 7.57. The first-order valence-electron chi connectivity index (χ1n) is 9.06. The maximum absolute atomic E-state index is 11.9. The molecule has 0 radical (unpaired) electrons. The molecule has 3 aromatic carbocycles. The topological polar surface area (TPSA) is 93.8 Å². The molecule has 8 heteroatoms. The van der Waals surface area contributed by atoms with Crippen LogP contribution in [-0.4, -0.2) is 22.8 Å². The molecule has 0 aliphatic heterocycles. The van der Waals surface area contributed by atoms with Crippen molar-refractivity contribution in [1.82, 2.24) is 5.43 Å². The Labute approximate surface area is 177 Å². The summed E-state index contributed by atoms with van der Waals surface area (Å²) in [6, 6.07) is 23.2. The monoisotopic (exact) mass is 421 g/mol. The Morgan fingerprint density at radius 2 is 1.80 bits per heavy atom. The molecule has 0 unspecified atom stereocenters. The van der Waals surface area contributed by atoms with E-state index in [1.165, 1.54) is 23.9 Å². The molecule has 0 atom stereocenters. The number of para-hydroxylation sites is 1. The Balaban J connectivity index is 1.45. The molecule has 0 saturated heterocycles. The van der Waals surface area contributed by atoms with Crippen LogP contribution >= 0.6 is 11.8 Å². The fourth-order valence-electron chi connectivity index (χ4n) is 2.52. The zero-order chi connectivity index (χ0) is 21.2. The smallest absolute Gasteiger partial charge is 0.269 e. The van der Waals surface area contributed by atoms with Gasteiger partial charge in [0.05, 0.1) is 16.9 Å². The molecule has 1 amide bonds. The summed E-state index contributed by atoms with van der Waals surface area (Å²) in [5.74, 6) is 1.84. The molecule has 3 rings (SSSR count). The predicted molar refractivity (Wildman–Crippen MR) is 118 cm³/mol. The van der Waals surface area contributed by atoms with Gasteiger partial charge in [-0.05, 0) is 35.4 Å². The number of hydrogen-bond donors (Lipinski definition) is 1. The molecular weight excluding hydrogens is 402 g/mol. The average molecular weight is 421 g/mol. The van der Waals surface area contributed by atoms with Crippen molar-refractivity contribution in [3.63, 3.8) is 0 Å². The van der Waals surface area contributed by atoms with Gasteiger partial charge in [-0.2, -0.15) is 5.10 Å². The number of hydrazone groups is 1. The Bertz CT molecular complexity index is 1040. The molecule has 0 spiro atoms. The van der Waals surface area contributed by atoms with E-state index >= 15 is 0 Å². The van der Waals surface area contributed by atoms with Gasteiger partial charge in [0.1, 0.15) is 11.5 Å². The summed E-state index contributed by atoms with van der Waals surface area (Å²) in [7, 11) is 0. The van der Waals surface area contributed by atoms with Crippen molar-refractivity contribution in [2.45, 2.75) is 5.75 Å².